The van der Waals surface area contributed by atoms with Gasteiger partial charge in [0, 0.05) is 18.7 Å². The van der Waals surface area contributed by atoms with Gasteiger partial charge in [-0.2, -0.15) is 0 Å². The summed E-state index contributed by atoms with van der Waals surface area (Å²) in [4.78, 5) is 13.9. The van der Waals surface area contributed by atoms with E-state index in [2.05, 4.69) is 15.5 Å². The van der Waals surface area contributed by atoms with E-state index in [-0.39, 0.29) is 12.5 Å². The highest BCUT2D eigenvalue weighted by atomic mass is 16.5. The molecule has 0 aliphatic carbocycles. The minimum absolute atomic E-state index is 0.0452. The smallest absolute Gasteiger partial charge is 0.253 e. The molecule has 23 heavy (non-hydrogen) atoms. The molecule has 0 aliphatic rings. The van der Waals surface area contributed by atoms with Crippen molar-refractivity contribution in [3.63, 3.8) is 0 Å². The molecule has 1 aromatic heterocycles. The van der Waals surface area contributed by atoms with E-state index in [0.717, 1.165) is 5.69 Å². The van der Waals surface area contributed by atoms with Crippen LogP contribution < -0.4 is 10.1 Å². The molecule has 0 spiro atoms. The Hall–Kier alpha value is -2.41. The van der Waals surface area contributed by atoms with Crippen molar-refractivity contribution in [2.45, 2.75) is 33.4 Å². The molecule has 0 radical (unpaired) electrons. The average Bonchev–Trinajstić information content (AvgIpc) is 2.92. The lowest BCUT2D eigenvalue weighted by atomic mass is 10.3. The minimum atomic E-state index is -0.0452. The maximum atomic E-state index is 11.9. The quantitative estimate of drug-likeness (QED) is 0.843. The second-order valence-electron chi connectivity index (χ2n) is 5.58. The number of rotatable bonds is 7. The Morgan fingerprint density at radius 2 is 2.00 bits per heavy atom. The van der Waals surface area contributed by atoms with Gasteiger partial charge < -0.3 is 14.5 Å². The van der Waals surface area contributed by atoms with Crippen molar-refractivity contribution in [2.75, 3.05) is 18.9 Å². The summed E-state index contributed by atoms with van der Waals surface area (Å²) in [6.07, 6.45) is 0. The minimum Gasteiger partial charge on any atom is -0.484 e. The second kappa shape index (κ2) is 7.73. The SMILES string of the molecule is Cc1nnc(COc2ccc(NC(=O)CN(C)C(C)C)cc2)o1. The molecule has 1 amide bonds. The number of aryl methyl sites for hydroxylation is 1. The number of ether oxygens (including phenoxy) is 1. The molecule has 2 rings (SSSR count). The summed E-state index contributed by atoms with van der Waals surface area (Å²) in [5.74, 6) is 1.55. The van der Waals surface area contributed by atoms with Crippen LogP contribution in [0.4, 0.5) is 5.69 Å². The zero-order valence-corrected chi connectivity index (χ0v) is 13.9. The van der Waals surface area contributed by atoms with E-state index >= 15 is 0 Å². The molecule has 1 N–H and O–H groups in total. The molecule has 0 saturated carbocycles. The average molecular weight is 318 g/mol. The van der Waals surface area contributed by atoms with Crippen LogP contribution in [0.3, 0.4) is 0 Å². The maximum absolute atomic E-state index is 11.9. The van der Waals surface area contributed by atoms with E-state index in [9.17, 15) is 4.79 Å². The Morgan fingerprint density at radius 1 is 1.30 bits per heavy atom. The number of anilines is 1. The molecule has 1 heterocycles. The van der Waals surface area contributed by atoms with Crippen molar-refractivity contribution in [2.24, 2.45) is 0 Å². The van der Waals surface area contributed by atoms with Crippen LogP contribution in [0.1, 0.15) is 25.6 Å². The number of carbonyl (C=O) groups is 1. The van der Waals surface area contributed by atoms with E-state index in [0.29, 0.717) is 30.1 Å². The topological polar surface area (TPSA) is 80.5 Å². The van der Waals surface area contributed by atoms with Crippen LogP contribution in [0, 0.1) is 6.92 Å². The predicted molar refractivity (Wildman–Crippen MR) is 86.2 cm³/mol. The van der Waals surface area contributed by atoms with Gasteiger partial charge in [-0.1, -0.05) is 0 Å². The first kappa shape index (κ1) is 17.0. The molecule has 0 unspecified atom stereocenters. The Morgan fingerprint density at radius 3 is 2.57 bits per heavy atom. The van der Waals surface area contributed by atoms with Gasteiger partial charge in [0.05, 0.1) is 6.54 Å². The van der Waals surface area contributed by atoms with Crippen molar-refractivity contribution in [3.05, 3.63) is 36.0 Å². The highest BCUT2D eigenvalue weighted by molar-refractivity contribution is 5.92. The molecular formula is C16H22N4O3. The van der Waals surface area contributed by atoms with E-state index in [4.69, 9.17) is 9.15 Å². The Labute approximate surface area is 135 Å². The van der Waals surface area contributed by atoms with Gasteiger partial charge >= 0.3 is 0 Å². The largest absolute Gasteiger partial charge is 0.484 e. The maximum Gasteiger partial charge on any atom is 0.253 e. The molecule has 2 aromatic rings. The summed E-state index contributed by atoms with van der Waals surface area (Å²) in [5.41, 5.74) is 0.730. The predicted octanol–water partition coefficient (Wildman–Crippen LogP) is 2.24. The van der Waals surface area contributed by atoms with Crippen LogP contribution >= 0.6 is 0 Å². The summed E-state index contributed by atoms with van der Waals surface area (Å²) in [7, 11) is 1.92. The molecule has 7 heteroatoms. The van der Waals surface area contributed by atoms with Crippen molar-refractivity contribution in [1.82, 2.24) is 15.1 Å². The van der Waals surface area contributed by atoms with Crippen LogP contribution in [-0.4, -0.2) is 40.6 Å². The number of benzene rings is 1. The fraction of sp³-hybridized carbons (Fsp3) is 0.438. The van der Waals surface area contributed by atoms with Gasteiger partial charge in [0.2, 0.25) is 11.8 Å². The van der Waals surface area contributed by atoms with E-state index < -0.39 is 0 Å². The first-order chi connectivity index (χ1) is 10.9. The first-order valence-electron chi connectivity index (χ1n) is 7.46. The number of likely N-dealkylation sites (N-methyl/N-ethyl adjacent to an activating group) is 1. The van der Waals surface area contributed by atoms with Crippen molar-refractivity contribution in [1.29, 1.82) is 0 Å². The van der Waals surface area contributed by atoms with Crippen molar-refractivity contribution >= 4 is 11.6 Å². The van der Waals surface area contributed by atoms with Gasteiger partial charge in [0.1, 0.15) is 5.75 Å². The number of aromatic nitrogens is 2. The molecule has 0 aliphatic heterocycles. The first-order valence-corrected chi connectivity index (χ1v) is 7.46. The Balaban J connectivity index is 1.83. The molecule has 7 nitrogen and oxygen atoms in total. The third kappa shape index (κ3) is 5.37. The third-order valence-corrected chi connectivity index (χ3v) is 3.34. The molecule has 1 aromatic carbocycles. The fourth-order valence-electron chi connectivity index (χ4n) is 1.79. The van der Waals surface area contributed by atoms with Crippen molar-refractivity contribution < 1.29 is 13.9 Å². The summed E-state index contributed by atoms with van der Waals surface area (Å²) in [6.45, 7) is 6.39. The van der Waals surface area contributed by atoms with Gasteiger partial charge in [-0.3, -0.25) is 9.69 Å². The zero-order valence-electron chi connectivity index (χ0n) is 13.9. The monoisotopic (exact) mass is 318 g/mol. The van der Waals surface area contributed by atoms with Gasteiger partial charge in [-0.25, -0.2) is 0 Å². The number of hydrogen-bond donors (Lipinski definition) is 1. The lowest BCUT2D eigenvalue weighted by molar-refractivity contribution is -0.117. The van der Waals surface area contributed by atoms with Crippen LogP contribution in [-0.2, 0) is 11.4 Å². The van der Waals surface area contributed by atoms with E-state index in [1.54, 1.807) is 31.2 Å². The molecule has 0 bridgehead atoms. The van der Waals surface area contributed by atoms with Crippen molar-refractivity contribution in [3.8, 4) is 5.75 Å². The van der Waals surface area contributed by atoms with Crippen LogP contribution in [0.2, 0.25) is 0 Å². The highest BCUT2D eigenvalue weighted by Gasteiger charge is 2.09. The number of nitrogens with one attached hydrogen (secondary N) is 1. The Kier molecular flexibility index (Phi) is 5.70. The normalized spacial score (nSPS) is 11.0. The highest BCUT2D eigenvalue weighted by Crippen LogP contribution is 2.17. The third-order valence-electron chi connectivity index (χ3n) is 3.34. The summed E-state index contributed by atoms with van der Waals surface area (Å²) in [5, 5.41) is 10.4. The molecule has 124 valence electrons. The van der Waals surface area contributed by atoms with E-state index in [1.165, 1.54) is 0 Å². The molecule has 0 saturated heterocycles. The summed E-state index contributed by atoms with van der Waals surface area (Å²) in [6, 6.07) is 7.48. The summed E-state index contributed by atoms with van der Waals surface area (Å²) >= 11 is 0. The van der Waals surface area contributed by atoms with E-state index in [1.807, 2.05) is 25.8 Å². The van der Waals surface area contributed by atoms with Gasteiger partial charge in [-0.15, -0.1) is 10.2 Å². The molecule has 0 fully saturated rings. The molecule has 0 atom stereocenters. The van der Waals surface area contributed by atoms with Gasteiger partial charge in [0.15, 0.2) is 6.61 Å². The lowest BCUT2D eigenvalue weighted by Crippen LogP contribution is -2.34. The van der Waals surface area contributed by atoms with Crippen LogP contribution in [0.25, 0.3) is 0 Å². The van der Waals surface area contributed by atoms with Crippen LogP contribution in [0.5, 0.6) is 5.75 Å². The van der Waals surface area contributed by atoms with Crippen LogP contribution in [0.15, 0.2) is 28.7 Å². The zero-order chi connectivity index (χ0) is 16.8. The number of carbonyl (C=O) groups excluding carboxylic acids is 1. The van der Waals surface area contributed by atoms with Gasteiger partial charge in [0.25, 0.3) is 5.89 Å². The van der Waals surface area contributed by atoms with Gasteiger partial charge in [-0.05, 0) is 45.2 Å². The number of nitrogens with zero attached hydrogens (tertiary/aromatic N) is 3. The number of amides is 1. The standard InChI is InChI=1S/C16H22N4O3/c1-11(2)20(4)9-15(21)17-13-5-7-14(8-6-13)22-10-16-19-18-12(3)23-16/h5-8,11H,9-10H2,1-4H3,(H,17,21). The molecular weight excluding hydrogens is 296 g/mol. The summed E-state index contributed by atoms with van der Waals surface area (Å²) < 4.78 is 10.8. The fourth-order valence-corrected chi connectivity index (χ4v) is 1.79. The lowest BCUT2D eigenvalue weighted by Gasteiger charge is -2.20. The number of hydrogen-bond acceptors (Lipinski definition) is 6. The Bertz CT molecular complexity index is 637. The second-order valence-corrected chi connectivity index (χ2v) is 5.58.